The molecule has 2 aromatic carbocycles. The smallest absolute Gasteiger partial charge is 0.271 e. The Labute approximate surface area is 203 Å². The van der Waals surface area contributed by atoms with Crippen LogP contribution >= 0.6 is 0 Å². The van der Waals surface area contributed by atoms with Crippen molar-refractivity contribution in [2.75, 3.05) is 17.1 Å². The molecule has 1 atom stereocenters. The first-order valence-corrected chi connectivity index (χ1v) is 12.5. The molecule has 2 aromatic rings. The lowest BCUT2D eigenvalue weighted by atomic mass is 10.1. The van der Waals surface area contributed by atoms with Crippen LogP contribution in [0, 0.1) is 15.9 Å². The van der Waals surface area contributed by atoms with Gasteiger partial charge < -0.3 is 10.2 Å². The second kappa shape index (κ2) is 10.8. The molecule has 0 bridgehead atoms. The summed E-state index contributed by atoms with van der Waals surface area (Å²) in [6.07, 6.45) is 0.857. The first-order valence-electron chi connectivity index (χ1n) is 10.7. The second-order valence-electron chi connectivity index (χ2n) is 9.07. The Bertz CT molecular complexity index is 1210. The monoisotopic (exact) mass is 508 g/mol. The number of amides is 2. The van der Waals surface area contributed by atoms with Gasteiger partial charge in [-0.1, -0.05) is 24.3 Å². The van der Waals surface area contributed by atoms with Gasteiger partial charge in [-0.3, -0.25) is 24.0 Å². The lowest BCUT2D eigenvalue weighted by Crippen LogP contribution is -2.54. The number of rotatable bonds is 9. The highest BCUT2D eigenvalue weighted by atomic mass is 32.2. The molecular formula is C23H29FN4O6S. The number of carbonyl (C=O) groups excluding carboxylic acids is 2. The minimum absolute atomic E-state index is 0.0901. The molecule has 0 spiro atoms. The zero-order valence-corrected chi connectivity index (χ0v) is 21.0. The van der Waals surface area contributed by atoms with Crippen LogP contribution in [0.1, 0.15) is 33.3 Å². The fourth-order valence-electron chi connectivity index (χ4n) is 3.24. The Kier molecular flexibility index (Phi) is 8.55. The van der Waals surface area contributed by atoms with Crippen molar-refractivity contribution < 1.29 is 27.3 Å². The molecule has 35 heavy (non-hydrogen) atoms. The minimum Gasteiger partial charge on any atom is -0.350 e. The standard InChI is InChI=1S/C23H29FN4O6S/c1-16(22(30)25-23(2,3)4)26(14-17-9-6-7-12-20(17)24)21(29)15-27(35(5,33)34)18-10-8-11-19(13-18)28(31)32/h6-13,16H,14-15H2,1-5H3,(H,25,30)/t16-/m0/s1. The Hall–Kier alpha value is -3.54. The number of non-ortho nitro benzene ring substituents is 1. The molecule has 0 fully saturated rings. The van der Waals surface area contributed by atoms with E-state index in [1.807, 2.05) is 0 Å². The van der Waals surface area contributed by atoms with E-state index in [9.17, 15) is 32.5 Å². The third-order valence-corrected chi connectivity index (χ3v) is 6.11. The quantitative estimate of drug-likeness (QED) is 0.410. The Balaban J connectivity index is 2.46. The molecule has 0 unspecified atom stereocenters. The highest BCUT2D eigenvalue weighted by Crippen LogP contribution is 2.24. The lowest BCUT2D eigenvalue weighted by molar-refractivity contribution is -0.384. The van der Waals surface area contributed by atoms with E-state index in [1.165, 1.54) is 43.3 Å². The van der Waals surface area contributed by atoms with E-state index in [1.54, 1.807) is 26.8 Å². The first kappa shape index (κ1) is 27.7. The summed E-state index contributed by atoms with van der Waals surface area (Å²) in [7, 11) is -4.06. The summed E-state index contributed by atoms with van der Waals surface area (Å²) < 4.78 is 40.1. The van der Waals surface area contributed by atoms with Crippen LogP contribution in [0.25, 0.3) is 0 Å². The van der Waals surface area contributed by atoms with Crippen molar-refractivity contribution in [3.05, 3.63) is 70.0 Å². The van der Waals surface area contributed by atoms with Gasteiger partial charge in [0.25, 0.3) is 5.69 Å². The van der Waals surface area contributed by atoms with Crippen molar-refractivity contribution in [1.82, 2.24) is 10.2 Å². The van der Waals surface area contributed by atoms with Gasteiger partial charge in [0.1, 0.15) is 18.4 Å². The van der Waals surface area contributed by atoms with Crippen molar-refractivity contribution in [3.63, 3.8) is 0 Å². The summed E-state index contributed by atoms with van der Waals surface area (Å²) in [6.45, 7) is 5.69. The van der Waals surface area contributed by atoms with Crippen LogP contribution in [0.5, 0.6) is 0 Å². The Morgan fingerprint density at radius 2 is 1.77 bits per heavy atom. The van der Waals surface area contributed by atoms with Crippen molar-refractivity contribution >= 4 is 33.2 Å². The fourth-order valence-corrected chi connectivity index (χ4v) is 4.08. The molecule has 0 saturated carbocycles. The molecule has 0 radical (unpaired) electrons. The summed E-state index contributed by atoms with van der Waals surface area (Å²) in [4.78, 5) is 37.8. The molecule has 0 heterocycles. The van der Waals surface area contributed by atoms with E-state index in [-0.39, 0.29) is 23.5 Å². The third-order valence-electron chi connectivity index (χ3n) is 4.97. The molecule has 2 amide bonds. The van der Waals surface area contributed by atoms with E-state index in [4.69, 9.17) is 0 Å². The predicted octanol–water partition coefficient (Wildman–Crippen LogP) is 2.83. The Morgan fingerprint density at radius 3 is 2.31 bits per heavy atom. The van der Waals surface area contributed by atoms with Gasteiger partial charge in [0.2, 0.25) is 21.8 Å². The maximum absolute atomic E-state index is 14.4. The van der Waals surface area contributed by atoms with Crippen molar-refractivity contribution in [2.45, 2.75) is 45.8 Å². The van der Waals surface area contributed by atoms with Crippen molar-refractivity contribution in [3.8, 4) is 0 Å². The van der Waals surface area contributed by atoms with E-state index in [2.05, 4.69) is 5.32 Å². The van der Waals surface area contributed by atoms with Crippen LogP contribution in [0.3, 0.4) is 0 Å². The minimum atomic E-state index is -4.06. The molecule has 10 nitrogen and oxygen atoms in total. The average molecular weight is 509 g/mol. The number of nitrogens with one attached hydrogen (secondary N) is 1. The van der Waals surface area contributed by atoms with E-state index < -0.39 is 50.7 Å². The van der Waals surface area contributed by atoms with E-state index in [0.717, 1.165) is 17.2 Å². The van der Waals surface area contributed by atoms with Gasteiger partial charge in [-0.25, -0.2) is 12.8 Å². The van der Waals surface area contributed by atoms with Gasteiger partial charge in [-0.2, -0.15) is 0 Å². The number of nitro benzene ring substituents is 1. The molecular weight excluding hydrogens is 479 g/mol. The molecule has 12 heteroatoms. The van der Waals surface area contributed by atoms with Gasteiger partial charge in [0.15, 0.2) is 0 Å². The van der Waals surface area contributed by atoms with Crippen LogP contribution in [-0.2, 0) is 26.2 Å². The number of nitrogens with zero attached hydrogens (tertiary/aromatic N) is 3. The summed E-state index contributed by atoms with van der Waals surface area (Å²) in [5, 5.41) is 13.9. The molecule has 0 aliphatic carbocycles. The molecule has 190 valence electrons. The number of sulfonamides is 1. The molecule has 0 aromatic heterocycles. The number of halogens is 1. The van der Waals surface area contributed by atoms with Gasteiger partial charge in [0.05, 0.1) is 16.9 Å². The number of carbonyl (C=O) groups is 2. The SMILES string of the molecule is C[C@@H](C(=O)NC(C)(C)C)N(Cc1ccccc1F)C(=O)CN(c1cccc([N+](=O)[O-])c1)S(C)(=O)=O. The average Bonchev–Trinajstić information content (AvgIpc) is 2.74. The van der Waals surface area contributed by atoms with E-state index >= 15 is 0 Å². The van der Waals surface area contributed by atoms with Crippen LogP contribution in [-0.4, -0.2) is 54.4 Å². The van der Waals surface area contributed by atoms with Gasteiger partial charge in [0, 0.05) is 29.8 Å². The first-order chi connectivity index (χ1) is 16.1. The highest BCUT2D eigenvalue weighted by molar-refractivity contribution is 7.92. The summed E-state index contributed by atoms with van der Waals surface area (Å²) in [5.74, 6) is -1.89. The van der Waals surface area contributed by atoms with Crippen LogP contribution < -0.4 is 9.62 Å². The largest absolute Gasteiger partial charge is 0.350 e. The Morgan fingerprint density at radius 1 is 1.14 bits per heavy atom. The molecule has 0 aliphatic heterocycles. The van der Waals surface area contributed by atoms with Gasteiger partial charge in [-0.15, -0.1) is 0 Å². The number of anilines is 1. The maximum Gasteiger partial charge on any atom is 0.271 e. The maximum atomic E-state index is 14.4. The topological polar surface area (TPSA) is 130 Å². The van der Waals surface area contributed by atoms with Crippen LogP contribution in [0.2, 0.25) is 0 Å². The molecule has 1 N–H and O–H groups in total. The number of benzene rings is 2. The van der Waals surface area contributed by atoms with E-state index in [0.29, 0.717) is 4.31 Å². The number of hydrogen-bond acceptors (Lipinski definition) is 6. The lowest BCUT2D eigenvalue weighted by Gasteiger charge is -2.33. The third kappa shape index (κ3) is 7.74. The summed E-state index contributed by atoms with van der Waals surface area (Å²) in [5.41, 5.74) is -0.922. The van der Waals surface area contributed by atoms with Crippen molar-refractivity contribution in [2.24, 2.45) is 0 Å². The van der Waals surface area contributed by atoms with Gasteiger partial charge >= 0.3 is 0 Å². The zero-order chi connectivity index (χ0) is 26.6. The number of nitro groups is 1. The predicted molar refractivity (Wildman–Crippen MR) is 130 cm³/mol. The van der Waals surface area contributed by atoms with Crippen molar-refractivity contribution in [1.29, 1.82) is 0 Å². The summed E-state index contributed by atoms with van der Waals surface area (Å²) in [6, 6.07) is 9.49. The summed E-state index contributed by atoms with van der Waals surface area (Å²) >= 11 is 0. The molecule has 2 rings (SSSR count). The number of hydrogen-bond donors (Lipinski definition) is 1. The normalized spacial score (nSPS) is 12.5. The molecule has 0 saturated heterocycles. The van der Waals surface area contributed by atoms with Gasteiger partial charge in [-0.05, 0) is 39.8 Å². The van der Waals surface area contributed by atoms with Crippen LogP contribution in [0.4, 0.5) is 15.8 Å². The fraction of sp³-hybridized carbons (Fsp3) is 0.391. The highest BCUT2D eigenvalue weighted by Gasteiger charge is 2.32. The zero-order valence-electron chi connectivity index (χ0n) is 20.2. The molecule has 0 aliphatic rings. The second-order valence-corrected chi connectivity index (χ2v) is 11.0. The van der Waals surface area contributed by atoms with Crippen LogP contribution in [0.15, 0.2) is 48.5 Å².